The molecule has 0 bridgehead atoms. The van der Waals surface area contributed by atoms with E-state index in [0.717, 1.165) is 39.8 Å². The highest BCUT2D eigenvalue weighted by atomic mass is 31.2. The number of rotatable bonds is 11. The fourth-order valence-corrected chi connectivity index (χ4v) is 5.20. The highest BCUT2D eigenvalue weighted by Crippen LogP contribution is 2.34. The number of hydrogen-bond donors (Lipinski definition) is 4. The molecule has 3 aromatic carbocycles. The first kappa shape index (κ1) is 25.9. The summed E-state index contributed by atoms with van der Waals surface area (Å²) < 4.78 is 13.3. The predicted octanol–water partition coefficient (Wildman–Crippen LogP) is 5.41. The Morgan fingerprint density at radius 1 is 0.972 bits per heavy atom. The van der Waals surface area contributed by atoms with E-state index in [2.05, 4.69) is 64.4 Å². The normalized spacial score (nSPS) is 12.4. The first-order valence-corrected chi connectivity index (χ1v) is 13.9. The zero-order chi connectivity index (χ0) is 25.5. The molecule has 4 aromatic rings. The number of nitrogens with one attached hydrogen (secondary N) is 1. The molecule has 0 saturated carbocycles. The molecule has 36 heavy (non-hydrogen) atoms. The quantitative estimate of drug-likeness (QED) is 0.0717. The molecule has 0 spiro atoms. The lowest BCUT2D eigenvalue weighted by atomic mass is 9.98. The molecule has 4 N–H and O–H groups in total. The van der Waals surface area contributed by atoms with Crippen molar-refractivity contribution in [1.82, 2.24) is 9.88 Å². The van der Waals surface area contributed by atoms with Gasteiger partial charge in [0.2, 0.25) is 0 Å². The molecule has 0 saturated heterocycles. The Morgan fingerprint density at radius 2 is 1.67 bits per heavy atom. The molecule has 4 rings (SSSR count). The van der Waals surface area contributed by atoms with Crippen LogP contribution in [0.5, 0.6) is 0 Å². The maximum atomic E-state index is 11.1. The van der Waals surface area contributed by atoms with Crippen molar-refractivity contribution in [3.8, 4) is 5.69 Å². The number of aryl methyl sites for hydroxylation is 1. The molecule has 0 aliphatic carbocycles. The monoisotopic (exact) mass is 505 g/mol. The van der Waals surface area contributed by atoms with Crippen LogP contribution in [0, 0.1) is 6.92 Å². The molecule has 188 valence electrons. The Kier molecular flexibility index (Phi) is 8.39. The number of oxime groups is 1. The number of fused-ring (bicyclic) bond motifs is 1. The summed E-state index contributed by atoms with van der Waals surface area (Å²) in [6.45, 7) is 3.14. The third-order valence-corrected chi connectivity index (χ3v) is 7.22. The number of hydrogen-bond acceptors (Lipinski definition) is 4. The van der Waals surface area contributed by atoms with Gasteiger partial charge in [-0.2, -0.15) is 0 Å². The number of benzene rings is 3. The summed E-state index contributed by atoms with van der Waals surface area (Å²) >= 11 is 0. The van der Waals surface area contributed by atoms with Crippen molar-refractivity contribution >= 4 is 24.2 Å². The van der Waals surface area contributed by atoms with Gasteiger partial charge in [-0.15, -0.1) is 0 Å². The summed E-state index contributed by atoms with van der Waals surface area (Å²) in [4.78, 5) is 18.1. The van der Waals surface area contributed by atoms with Gasteiger partial charge < -0.3 is 24.9 Å². The van der Waals surface area contributed by atoms with E-state index >= 15 is 0 Å². The molecule has 7 nitrogen and oxygen atoms in total. The fourth-order valence-electron chi connectivity index (χ4n) is 4.62. The zero-order valence-corrected chi connectivity index (χ0v) is 21.2. The fraction of sp³-hybridized carbons (Fsp3) is 0.250. The average Bonchev–Trinajstić information content (AvgIpc) is 3.16. The highest BCUT2D eigenvalue weighted by molar-refractivity contribution is 7.51. The van der Waals surface area contributed by atoms with E-state index in [4.69, 9.17) is 9.79 Å². The Balaban J connectivity index is 1.66. The molecular weight excluding hydrogens is 473 g/mol. The van der Waals surface area contributed by atoms with E-state index in [9.17, 15) is 9.77 Å². The Labute approximate surface area is 211 Å². The number of para-hydroxylation sites is 1. The van der Waals surface area contributed by atoms with Crippen LogP contribution in [0.15, 0.2) is 84.0 Å². The van der Waals surface area contributed by atoms with E-state index in [-0.39, 0.29) is 6.16 Å². The van der Waals surface area contributed by atoms with E-state index in [1.165, 1.54) is 5.56 Å². The summed E-state index contributed by atoms with van der Waals surface area (Å²) in [5.41, 5.74) is 6.87. The van der Waals surface area contributed by atoms with Crippen LogP contribution in [0.3, 0.4) is 0 Å². The van der Waals surface area contributed by atoms with Crippen molar-refractivity contribution in [2.45, 2.75) is 32.7 Å². The lowest BCUT2D eigenvalue weighted by molar-refractivity contribution is 0.318. The summed E-state index contributed by atoms with van der Waals surface area (Å²) in [7, 11) is -3.97. The van der Waals surface area contributed by atoms with Gasteiger partial charge in [0, 0.05) is 28.9 Å². The Morgan fingerprint density at radius 3 is 2.33 bits per heavy atom. The van der Waals surface area contributed by atoms with Crippen molar-refractivity contribution in [3.05, 3.63) is 101 Å². The molecule has 0 aliphatic rings. The van der Waals surface area contributed by atoms with Crippen LogP contribution in [0.2, 0.25) is 0 Å². The van der Waals surface area contributed by atoms with E-state index in [1.807, 2.05) is 36.4 Å². The SMILES string of the molecule is Cc1c(/C(CCc2ccccc2)=N/O)c2cc(CNCCCP(=O)(O)O)ccc2n1-c1ccccc1. The van der Waals surface area contributed by atoms with Crippen LogP contribution in [0.25, 0.3) is 16.6 Å². The molecule has 0 amide bonds. The summed E-state index contributed by atoms with van der Waals surface area (Å²) in [5.74, 6) is 0. The smallest absolute Gasteiger partial charge is 0.325 e. The second-order valence-electron chi connectivity index (χ2n) is 8.93. The van der Waals surface area contributed by atoms with Crippen LogP contribution in [0.1, 0.15) is 35.2 Å². The van der Waals surface area contributed by atoms with Crippen LogP contribution < -0.4 is 5.32 Å². The first-order valence-electron chi connectivity index (χ1n) is 12.1. The van der Waals surface area contributed by atoms with E-state index in [0.29, 0.717) is 31.6 Å². The number of aromatic nitrogens is 1. The molecular formula is C28H32N3O4P. The predicted molar refractivity (Wildman–Crippen MR) is 144 cm³/mol. The van der Waals surface area contributed by atoms with Crippen LogP contribution in [0.4, 0.5) is 0 Å². The minimum absolute atomic E-state index is 0.125. The third kappa shape index (κ3) is 6.31. The molecule has 0 atom stereocenters. The van der Waals surface area contributed by atoms with Gasteiger partial charge in [0.1, 0.15) is 0 Å². The minimum atomic E-state index is -3.97. The zero-order valence-electron chi connectivity index (χ0n) is 20.3. The van der Waals surface area contributed by atoms with Crippen LogP contribution >= 0.6 is 7.60 Å². The van der Waals surface area contributed by atoms with Crippen molar-refractivity contribution in [2.75, 3.05) is 12.7 Å². The van der Waals surface area contributed by atoms with Crippen molar-refractivity contribution < 1.29 is 19.6 Å². The second kappa shape index (κ2) is 11.7. The van der Waals surface area contributed by atoms with Gasteiger partial charge in [-0.05, 0) is 68.1 Å². The van der Waals surface area contributed by atoms with Gasteiger partial charge in [0.25, 0.3) is 0 Å². The van der Waals surface area contributed by atoms with Crippen molar-refractivity contribution in [3.63, 3.8) is 0 Å². The highest BCUT2D eigenvalue weighted by Gasteiger charge is 2.20. The summed E-state index contributed by atoms with van der Waals surface area (Å²) in [5, 5.41) is 18.1. The maximum Gasteiger partial charge on any atom is 0.325 e. The van der Waals surface area contributed by atoms with Crippen molar-refractivity contribution in [2.24, 2.45) is 5.16 Å². The molecule has 0 fully saturated rings. The van der Waals surface area contributed by atoms with Crippen LogP contribution in [-0.2, 0) is 17.5 Å². The largest absolute Gasteiger partial charge is 0.411 e. The topological polar surface area (TPSA) is 107 Å². The maximum absolute atomic E-state index is 11.1. The van der Waals surface area contributed by atoms with Gasteiger partial charge in [-0.1, -0.05) is 59.8 Å². The lowest BCUT2D eigenvalue weighted by Gasteiger charge is -2.09. The molecule has 1 aromatic heterocycles. The van der Waals surface area contributed by atoms with Gasteiger partial charge >= 0.3 is 7.60 Å². The second-order valence-corrected chi connectivity index (χ2v) is 10.7. The molecule has 0 radical (unpaired) electrons. The summed E-state index contributed by atoms with van der Waals surface area (Å²) in [6, 6.07) is 26.5. The number of nitrogens with zero attached hydrogens (tertiary/aromatic N) is 2. The minimum Gasteiger partial charge on any atom is -0.411 e. The van der Waals surface area contributed by atoms with Crippen LogP contribution in [-0.4, -0.2) is 38.0 Å². The standard InChI is InChI=1S/C28H32N3O4P/c1-21-28(26(30-32)15-13-22-9-4-2-5-10-22)25-19-23(20-29-17-8-18-36(33,34)35)14-16-27(25)31(21)24-11-6-3-7-12-24/h2-7,9-12,14,16,19,29,32H,8,13,15,17-18,20H2,1H3,(H2,33,34,35)/b30-26+. The molecule has 0 aliphatic heterocycles. The van der Waals surface area contributed by atoms with Crippen molar-refractivity contribution in [1.29, 1.82) is 0 Å². The molecule has 8 heteroatoms. The van der Waals surface area contributed by atoms with Gasteiger partial charge in [-0.25, -0.2) is 0 Å². The summed E-state index contributed by atoms with van der Waals surface area (Å²) in [6.07, 6.45) is 1.64. The first-order chi connectivity index (χ1) is 17.4. The average molecular weight is 506 g/mol. The molecule has 1 heterocycles. The van der Waals surface area contributed by atoms with E-state index in [1.54, 1.807) is 0 Å². The van der Waals surface area contributed by atoms with Gasteiger partial charge in [-0.3, -0.25) is 4.57 Å². The van der Waals surface area contributed by atoms with Gasteiger partial charge in [0.05, 0.1) is 17.4 Å². The van der Waals surface area contributed by atoms with E-state index < -0.39 is 7.60 Å². The molecule has 0 unspecified atom stereocenters. The Bertz CT molecular complexity index is 1380. The lowest BCUT2D eigenvalue weighted by Crippen LogP contribution is -2.15. The Hall–Kier alpha value is -3.22. The van der Waals surface area contributed by atoms with Gasteiger partial charge in [0.15, 0.2) is 0 Å². The third-order valence-electron chi connectivity index (χ3n) is 6.32.